The highest BCUT2D eigenvalue weighted by Gasteiger charge is 2.12. The minimum Gasteiger partial charge on any atom is -0.434 e. The molecule has 0 radical (unpaired) electrons. The molecule has 132 valence electrons. The van der Waals surface area contributed by atoms with Crippen molar-refractivity contribution in [3.05, 3.63) is 64.7 Å². The van der Waals surface area contributed by atoms with Crippen molar-refractivity contribution < 1.29 is 18.3 Å². The van der Waals surface area contributed by atoms with Gasteiger partial charge < -0.3 is 10.1 Å². The zero-order valence-electron chi connectivity index (χ0n) is 13.9. The Kier molecular flexibility index (Phi) is 5.64. The number of para-hydroxylation sites is 1. The monoisotopic (exact) mass is 345 g/mol. The Hall–Kier alpha value is -2.43. The lowest BCUT2D eigenvalue weighted by molar-refractivity contribution is -0.120. The Morgan fingerprint density at radius 1 is 1.08 bits per heavy atom. The SMILES string of the molecule is O=C(Cc1ccc2c(c1)CCCC2)NCc1ccccc1OC(F)F. The molecule has 0 fully saturated rings. The van der Waals surface area contributed by atoms with E-state index in [0.29, 0.717) is 5.56 Å². The van der Waals surface area contributed by atoms with Gasteiger partial charge in [0, 0.05) is 12.1 Å². The maximum Gasteiger partial charge on any atom is 0.387 e. The highest BCUT2D eigenvalue weighted by atomic mass is 19.3. The van der Waals surface area contributed by atoms with Crippen LogP contribution in [0.4, 0.5) is 8.78 Å². The Labute approximate surface area is 146 Å². The summed E-state index contributed by atoms with van der Waals surface area (Å²) in [5.74, 6) is -0.0470. The van der Waals surface area contributed by atoms with Crippen LogP contribution in [-0.2, 0) is 30.6 Å². The molecule has 0 aliphatic heterocycles. The Morgan fingerprint density at radius 3 is 2.64 bits per heavy atom. The summed E-state index contributed by atoms with van der Waals surface area (Å²) in [5, 5.41) is 2.78. The molecule has 2 aromatic carbocycles. The molecule has 1 aliphatic carbocycles. The number of carbonyl (C=O) groups is 1. The third kappa shape index (κ3) is 4.78. The summed E-state index contributed by atoms with van der Waals surface area (Å²) in [6.07, 6.45) is 4.90. The molecule has 1 aliphatic rings. The predicted octanol–water partition coefficient (Wildman–Crippen LogP) is 4.03. The van der Waals surface area contributed by atoms with Crippen LogP contribution in [0.3, 0.4) is 0 Å². The first kappa shape index (κ1) is 17.4. The lowest BCUT2D eigenvalue weighted by atomic mass is 9.90. The van der Waals surface area contributed by atoms with Gasteiger partial charge in [0.15, 0.2) is 0 Å². The van der Waals surface area contributed by atoms with Gasteiger partial charge >= 0.3 is 6.61 Å². The molecule has 0 spiro atoms. The smallest absolute Gasteiger partial charge is 0.387 e. The minimum absolute atomic E-state index is 0.0894. The molecule has 0 bridgehead atoms. The average Bonchev–Trinajstić information content (AvgIpc) is 2.60. The van der Waals surface area contributed by atoms with E-state index >= 15 is 0 Å². The van der Waals surface area contributed by atoms with E-state index in [1.807, 2.05) is 6.07 Å². The fourth-order valence-corrected chi connectivity index (χ4v) is 3.20. The number of rotatable bonds is 6. The summed E-state index contributed by atoms with van der Waals surface area (Å²) in [6, 6.07) is 12.7. The molecule has 0 aromatic heterocycles. The van der Waals surface area contributed by atoms with E-state index in [2.05, 4.69) is 22.2 Å². The number of ether oxygens (including phenoxy) is 1. The molecule has 2 aromatic rings. The van der Waals surface area contributed by atoms with Crippen molar-refractivity contribution in [1.29, 1.82) is 0 Å². The highest BCUT2D eigenvalue weighted by molar-refractivity contribution is 5.78. The van der Waals surface area contributed by atoms with E-state index in [-0.39, 0.29) is 24.6 Å². The standard InChI is InChI=1S/C20H21F2NO2/c21-20(22)25-18-8-4-3-7-17(18)13-23-19(24)12-14-9-10-15-5-1-2-6-16(15)11-14/h3-4,7-11,20H,1-2,5-6,12-13H2,(H,23,24). The van der Waals surface area contributed by atoms with Gasteiger partial charge in [0.25, 0.3) is 0 Å². The van der Waals surface area contributed by atoms with Crippen molar-refractivity contribution in [3.8, 4) is 5.75 Å². The van der Waals surface area contributed by atoms with Gasteiger partial charge in [-0.25, -0.2) is 0 Å². The molecule has 0 heterocycles. The van der Waals surface area contributed by atoms with Crippen LogP contribution in [0.25, 0.3) is 0 Å². The number of fused-ring (bicyclic) bond motifs is 1. The first-order valence-corrected chi connectivity index (χ1v) is 8.52. The molecular formula is C20H21F2NO2. The van der Waals surface area contributed by atoms with Crippen molar-refractivity contribution in [3.63, 3.8) is 0 Å². The Balaban J connectivity index is 1.58. The fourth-order valence-electron chi connectivity index (χ4n) is 3.20. The number of nitrogens with one attached hydrogen (secondary N) is 1. The molecule has 0 unspecified atom stereocenters. The van der Waals surface area contributed by atoms with Crippen molar-refractivity contribution in [2.24, 2.45) is 0 Å². The second-order valence-electron chi connectivity index (χ2n) is 6.25. The van der Waals surface area contributed by atoms with Gasteiger partial charge in [-0.3, -0.25) is 4.79 Å². The van der Waals surface area contributed by atoms with Crippen LogP contribution in [0.2, 0.25) is 0 Å². The van der Waals surface area contributed by atoms with E-state index in [0.717, 1.165) is 18.4 Å². The minimum atomic E-state index is -2.88. The van der Waals surface area contributed by atoms with Crippen LogP contribution in [-0.4, -0.2) is 12.5 Å². The van der Waals surface area contributed by atoms with Crippen molar-refractivity contribution >= 4 is 5.91 Å². The van der Waals surface area contributed by atoms with E-state index < -0.39 is 6.61 Å². The fraction of sp³-hybridized carbons (Fsp3) is 0.350. The molecule has 5 heteroatoms. The van der Waals surface area contributed by atoms with Crippen LogP contribution < -0.4 is 10.1 Å². The number of hydrogen-bond acceptors (Lipinski definition) is 2. The lowest BCUT2D eigenvalue weighted by Gasteiger charge is -2.16. The van der Waals surface area contributed by atoms with Crippen LogP contribution in [0, 0.1) is 0 Å². The third-order valence-corrected chi connectivity index (χ3v) is 4.44. The normalized spacial score (nSPS) is 13.4. The zero-order valence-corrected chi connectivity index (χ0v) is 13.9. The van der Waals surface area contributed by atoms with E-state index in [1.165, 1.54) is 30.0 Å². The number of aryl methyl sites for hydroxylation is 2. The second kappa shape index (κ2) is 8.10. The quantitative estimate of drug-likeness (QED) is 0.858. The third-order valence-electron chi connectivity index (χ3n) is 4.44. The molecule has 25 heavy (non-hydrogen) atoms. The van der Waals surface area contributed by atoms with Crippen LogP contribution in [0.1, 0.15) is 35.1 Å². The maximum absolute atomic E-state index is 12.4. The van der Waals surface area contributed by atoms with Gasteiger partial charge in [-0.1, -0.05) is 36.4 Å². The number of halogens is 2. The summed E-state index contributed by atoms with van der Waals surface area (Å²) >= 11 is 0. The van der Waals surface area contributed by atoms with Crippen LogP contribution >= 0.6 is 0 Å². The summed E-state index contributed by atoms with van der Waals surface area (Å²) in [4.78, 5) is 12.2. The Morgan fingerprint density at radius 2 is 1.84 bits per heavy atom. The average molecular weight is 345 g/mol. The molecule has 1 amide bonds. The van der Waals surface area contributed by atoms with Crippen molar-refractivity contribution in [1.82, 2.24) is 5.32 Å². The molecule has 0 atom stereocenters. The molecule has 1 N–H and O–H groups in total. The summed E-state index contributed by atoms with van der Waals surface area (Å²) < 4.78 is 29.3. The van der Waals surface area contributed by atoms with Gasteiger partial charge in [-0.2, -0.15) is 8.78 Å². The number of carbonyl (C=O) groups excluding carboxylic acids is 1. The van der Waals surface area contributed by atoms with Gasteiger partial charge in [0.2, 0.25) is 5.91 Å². The van der Waals surface area contributed by atoms with Crippen molar-refractivity contribution in [2.45, 2.75) is 45.3 Å². The number of benzene rings is 2. The second-order valence-corrected chi connectivity index (χ2v) is 6.25. The van der Waals surface area contributed by atoms with E-state index in [9.17, 15) is 13.6 Å². The molecular weight excluding hydrogens is 324 g/mol. The van der Waals surface area contributed by atoms with Crippen LogP contribution in [0.15, 0.2) is 42.5 Å². The molecule has 0 saturated carbocycles. The molecule has 3 rings (SSSR count). The molecule has 3 nitrogen and oxygen atoms in total. The topological polar surface area (TPSA) is 38.3 Å². The summed E-state index contributed by atoms with van der Waals surface area (Å²) in [5.41, 5.74) is 4.23. The number of hydrogen-bond donors (Lipinski definition) is 1. The van der Waals surface area contributed by atoms with E-state index in [4.69, 9.17) is 0 Å². The van der Waals surface area contributed by atoms with Crippen LogP contribution in [0.5, 0.6) is 5.75 Å². The predicted molar refractivity (Wildman–Crippen MR) is 91.7 cm³/mol. The van der Waals surface area contributed by atoms with Gasteiger partial charge in [0.1, 0.15) is 5.75 Å². The summed E-state index contributed by atoms with van der Waals surface area (Å²) in [6.45, 7) is -2.72. The largest absolute Gasteiger partial charge is 0.434 e. The number of alkyl halides is 2. The first-order valence-electron chi connectivity index (χ1n) is 8.52. The van der Waals surface area contributed by atoms with E-state index in [1.54, 1.807) is 18.2 Å². The number of amides is 1. The van der Waals surface area contributed by atoms with Crippen molar-refractivity contribution in [2.75, 3.05) is 0 Å². The zero-order chi connectivity index (χ0) is 17.6. The maximum atomic E-state index is 12.4. The first-order chi connectivity index (χ1) is 12.1. The molecule has 0 saturated heterocycles. The van der Waals surface area contributed by atoms with Gasteiger partial charge in [0.05, 0.1) is 6.42 Å². The lowest BCUT2D eigenvalue weighted by Crippen LogP contribution is -2.25. The summed E-state index contributed by atoms with van der Waals surface area (Å²) in [7, 11) is 0. The Bertz CT molecular complexity index is 746. The van der Waals surface area contributed by atoms with Gasteiger partial charge in [-0.05, 0) is 48.4 Å². The van der Waals surface area contributed by atoms with Gasteiger partial charge in [-0.15, -0.1) is 0 Å². The highest BCUT2D eigenvalue weighted by Crippen LogP contribution is 2.23.